The Bertz CT molecular complexity index is 581. The predicted molar refractivity (Wildman–Crippen MR) is 74.3 cm³/mol. The van der Waals surface area contributed by atoms with Gasteiger partial charge in [0.25, 0.3) is 0 Å². The first-order valence-electron chi connectivity index (χ1n) is 6.27. The summed E-state index contributed by atoms with van der Waals surface area (Å²) in [5.74, 6) is 0.294. The van der Waals surface area contributed by atoms with Gasteiger partial charge in [-0.3, -0.25) is 0 Å². The molecule has 1 heterocycles. The molecule has 2 aromatic rings. The Balaban J connectivity index is 2.30. The van der Waals surface area contributed by atoms with E-state index in [2.05, 4.69) is 10.4 Å². The van der Waals surface area contributed by atoms with Gasteiger partial charge in [-0.25, -0.2) is 9.07 Å². The number of aryl methyl sites for hydroxylation is 2. The summed E-state index contributed by atoms with van der Waals surface area (Å²) < 4.78 is 19.9. The fourth-order valence-corrected chi connectivity index (χ4v) is 2.25. The molecule has 0 aliphatic carbocycles. The van der Waals surface area contributed by atoms with Crippen LogP contribution in [0, 0.1) is 12.7 Å². The first-order valence-corrected chi connectivity index (χ1v) is 6.27. The summed E-state index contributed by atoms with van der Waals surface area (Å²) in [6.07, 6.45) is 0. The summed E-state index contributed by atoms with van der Waals surface area (Å²) in [7, 11) is 3.34. The average molecular weight is 279 g/mol. The summed E-state index contributed by atoms with van der Waals surface area (Å²) in [6.45, 7) is 1.73. The van der Waals surface area contributed by atoms with Crippen LogP contribution in [0.1, 0.15) is 17.3 Å². The molecule has 2 rings (SSSR count). The van der Waals surface area contributed by atoms with Gasteiger partial charge in [0.05, 0.1) is 31.0 Å². The highest BCUT2D eigenvalue weighted by atomic mass is 19.1. The van der Waals surface area contributed by atoms with E-state index >= 15 is 0 Å². The van der Waals surface area contributed by atoms with Gasteiger partial charge in [0, 0.05) is 12.7 Å². The van der Waals surface area contributed by atoms with Gasteiger partial charge in [-0.2, -0.15) is 5.10 Å². The number of nitrogens with one attached hydrogen (secondary N) is 1. The maximum Gasteiger partial charge on any atom is 0.216 e. The molecule has 0 fully saturated rings. The summed E-state index contributed by atoms with van der Waals surface area (Å²) in [4.78, 5) is 0. The third kappa shape index (κ3) is 2.75. The van der Waals surface area contributed by atoms with E-state index in [1.165, 1.54) is 12.1 Å². The molecule has 0 bridgehead atoms. The molecule has 0 spiro atoms. The van der Waals surface area contributed by atoms with E-state index in [4.69, 9.17) is 4.74 Å². The Morgan fingerprint density at radius 1 is 1.40 bits per heavy atom. The van der Waals surface area contributed by atoms with Crippen molar-refractivity contribution in [3.05, 3.63) is 41.3 Å². The van der Waals surface area contributed by atoms with E-state index in [1.54, 1.807) is 31.0 Å². The number of hydrogen-bond donors (Lipinski definition) is 2. The van der Waals surface area contributed by atoms with E-state index in [-0.39, 0.29) is 18.5 Å². The summed E-state index contributed by atoms with van der Waals surface area (Å²) in [5.41, 5.74) is 2.29. The van der Waals surface area contributed by atoms with Gasteiger partial charge in [-0.05, 0) is 31.2 Å². The van der Waals surface area contributed by atoms with Crippen molar-refractivity contribution in [1.82, 2.24) is 9.78 Å². The standard InChI is InChI=1S/C14H18FN3O2/c1-9-13(14(20-3)18(2)17-9)12(8-19)16-11-6-4-10(15)5-7-11/h4-7,12,16,19H,8H2,1-3H3. The van der Waals surface area contributed by atoms with Gasteiger partial charge >= 0.3 is 0 Å². The van der Waals surface area contributed by atoms with Crippen LogP contribution >= 0.6 is 0 Å². The fourth-order valence-electron chi connectivity index (χ4n) is 2.25. The number of aromatic nitrogens is 2. The Kier molecular flexibility index (Phi) is 4.24. The maximum absolute atomic E-state index is 12.9. The summed E-state index contributed by atoms with van der Waals surface area (Å²) in [5, 5.41) is 17.1. The number of rotatable bonds is 5. The molecule has 0 aliphatic heterocycles. The van der Waals surface area contributed by atoms with E-state index in [0.717, 1.165) is 16.9 Å². The topological polar surface area (TPSA) is 59.3 Å². The highest BCUT2D eigenvalue weighted by Crippen LogP contribution is 2.30. The molecule has 1 unspecified atom stereocenters. The minimum Gasteiger partial charge on any atom is -0.481 e. The molecule has 6 heteroatoms. The van der Waals surface area contributed by atoms with Crippen LogP contribution in [-0.2, 0) is 7.05 Å². The molecule has 0 saturated carbocycles. The van der Waals surface area contributed by atoms with Crippen LogP contribution in [0.5, 0.6) is 5.88 Å². The van der Waals surface area contributed by atoms with Crippen molar-refractivity contribution >= 4 is 5.69 Å². The summed E-state index contributed by atoms with van der Waals surface area (Å²) in [6, 6.07) is 5.60. The zero-order chi connectivity index (χ0) is 14.7. The normalized spacial score (nSPS) is 12.2. The number of nitrogens with zero attached hydrogens (tertiary/aromatic N) is 2. The van der Waals surface area contributed by atoms with Gasteiger partial charge in [0.1, 0.15) is 5.82 Å². The average Bonchev–Trinajstić information content (AvgIpc) is 2.72. The molecule has 5 nitrogen and oxygen atoms in total. The number of ether oxygens (including phenoxy) is 1. The SMILES string of the molecule is COc1c(C(CO)Nc2ccc(F)cc2)c(C)nn1C. The van der Waals surface area contributed by atoms with E-state index < -0.39 is 0 Å². The third-order valence-electron chi connectivity index (χ3n) is 3.12. The molecule has 1 atom stereocenters. The second-order valence-electron chi connectivity index (χ2n) is 4.52. The van der Waals surface area contributed by atoms with Gasteiger partial charge < -0.3 is 15.2 Å². The number of aliphatic hydroxyl groups excluding tert-OH is 1. The van der Waals surface area contributed by atoms with Crippen molar-refractivity contribution < 1.29 is 14.2 Å². The van der Waals surface area contributed by atoms with E-state index in [9.17, 15) is 9.50 Å². The van der Waals surface area contributed by atoms with Crippen molar-refractivity contribution in [2.45, 2.75) is 13.0 Å². The van der Waals surface area contributed by atoms with Crippen molar-refractivity contribution in [2.75, 3.05) is 19.0 Å². The minimum atomic E-state index is -0.371. The number of benzene rings is 1. The molecule has 20 heavy (non-hydrogen) atoms. The van der Waals surface area contributed by atoms with E-state index in [0.29, 0.717) is 5.88 Å². The highest BCUT2D eigenvalue weighted by molar-refractivity contribution is 5.48. The molecule has 0 amide bonds. The van der Waals surface area contributed by atoms with Crippen LogP contribution < -0.4 is 10.1 Å². The van der Waals surface area contributed by atoms with Crippen LogP contribution in [0.3, 0.4) is 0 Å². The Morgan fingerprint density at radius 2 is 2.05 bits per heavy atom. The van der Waals surface area contributed by atoms with Crippen molar-refractivity contribution in [3.8, 4) is 5.88 Å². The molecule has 0 saturated heterocycles. The minimum absolute atomic E-state index is 0.125. The quantitative estimate of drug-likeness (QED) is 0.879. The maximum atomic E-state index is 12.9. The van der Waals surface area contributed by atoms with Crippen LogP contribution in [0.2, 0.25) is 0 Å². The second kappa shape index (κ2) is 5.92. The number of aliphatic hydroxyl groups is 1. The Morgan fingerprint density at radius 3 is 2.60 bits per heavy atom. The monoisotopic (exact) mass is 279 g/mol. The fraction of sp³-hybridized carbons (Fsp3) is 0.357. The van der Waals surface area contributed by atoms with Gasteiger partial charge in [-0.15, -0.1) is 0 Å². The van der Waals surface area contributed by atoms with Crippen molar-refractivity contribution in [1.29, 1.82) is 0 Å². The zero-order valence-electron chi connectivity index (χ0n) is 11.7. The molecule has 1 aromatic heterocycles. The lowest BCUT2D eigenvalue weighted by molar-refractivity contribution is 0.271. The van der Waals surface area contributed by atoms with Gasteiger partial charge in [0.15, 0.2) is 0 Å². The lowest BCUT2D eigenvalue weighted by atomic mass is 10.1. The molecule has 1 aromatic carbocycles. The van der Waals surface area contributed by atoms with Crippen LogP contribution in [0.15, 0.2) is 24.3 Å². The summed E-state index contributed by atoms with van der Waals surface area (Å²) >= 11 is 0. The molecule has 0 aliphatic rings. The third-order valence-corrected chi connectivity index (χ3v) is 3.12. The first-order chi connectivity index (χ1) is 9.56. The van der Waals surface area contributed by atoms with Crippen LogP contribution in [0.25, 0.3) is 0 Å². The highest BCUT2D eigenvalue weighted by Gasteiger charge is 2.22. The number of hydrogen-bond acceptors (Lipinski definition) is 4. The lowest BCUT2D eigenvalue weighted by Gasteiger charge is -2.18. The lowest BCUT2D eigenvalue weighted by Crippen LogP contribution is -2.16. The zero-order valence-corrected chi connectivity index (χ0v) is 11.7. The molecular formula is C14H18FN3O2. The van der Waals surface area contributed by atoms with Crippen LogP contribution in [-0.4, -0.2) is 28.6 Å². The second-order valence-corrected chi connectivity index (χ2v) is 4.52. The molecular weight excluding hydrogens is 261 g/mol. The predicted octanol–water partition coefficient (Wildman–Crippen LogP) is 2.02. The Labute approximate surface area is 117 Å². The molecule has 108 valence electrons. The molecule has 2 N–H and O–H groups in total. The first kappa shape index (κ1) is 14.3. The number of methoxy groups -OCH3 is 1. The van der Waals surface area contributed by atoms with E-state index in [1.807, 2.05) is 6.92 Å². The largest absolute Gasteiger partial charge is 0.481 e. The smallest absolute Gasteiger partial charge is 0.216 e. The van der Waals surface area contributed by atoms with Crippen molar-refractivity contribution in [2.24, 2.45) is 7.05 Å². The van der Waals surface area contributed by atoms with Crippen LogP contribution in [0.4, 0.5) is 10.1 Å². The molecule has 0 radical (unpaired) electrons. The number of halogens is 1. The number of anilines is 1. The Hall–Kier alpha value is -2.08. The van der Waals surface area contributed by atoms with Gasteiger partial charge in [-0.1, -0.05) is 0 Å². The van der Waals surface area contributed by atoms with Gasteiger partial charge in [0.2, 0.25) is 5.88 Å². The van der Waals surface area contributed by atoms with Crippen molar-refractivity contribution in [3.63, 3.8) is 0 Å².